The van der Waals surface area contributed by atoms with Gasteiger partial charge in [-0.1, -0.05) is 6.07 Å². The van der Waals surface area contributed by atoms with E-state index in [2.05, 4.69) is 10.2 Å². The van der Waals surface area contributed by atoms with Gasteiger partial charge in [0.1, 0.15) is 6.04 Å². The van der Waals surface area contributed by atoms with Gasteiger partial charge in [0.05, 0.1) is 23.2 Å². The van der Waals surface area contributed by atoms with Gasteiger partial charge < -0.3 is 10.0 Å². The molecule has 1 unspecified atom stereocenters. The van der Waals surface area contributed by atoms with E-state index in [1.165, 1.54) is 0 Å². The molecule has 4 rings (SSSR count). The van der Waals surface area contributed by atoms with Crippen molar-refractivity contribution in [1.82, 2.24) is 15.1 Å². The van der Waals surface area contributed by atoms with Gasteiger partial charge in [-0.15, -0.1) is 0 Å². The molecule has 3 aliphatic heterocycles. The maximum atomic E-state index is 13.2. The molecule has 30 heavy (non-hydrogen) atoms. The molecule has 2 N–H and O–H groups in total. The lowest BCUT2D eigenvalue weighted by molar-refractivity contribution is -0.138. The molecule has 3 heterocycles. The molecule has 4 amide bonds. The average molecular weight is 414 g/mol. The highest BCUT2D eigenvalue weighted by atomic mass is 16.4. The fourth-order valence-corrected chi connectivity index (χ4v) is 4.23. The summed E-state index contributed by atoms with van der Waals surface area (Å²) < 4.78 is 0. The van der Waals surface area contributed by atoms with Gasteiger partial charge in [-0.3, -0.25) is 39.1 Å². The van der Waals surface area contributed by atoms with Gasteiger partial charge in [0, 0.05) is 39.1 Å². The maximum Gasteiger partial charge on any atom is 0.304 e. The zero-order valence-corrected chi connectivity index (χ0v) is 16.3. The number of nitrogens with zero attached hydrogens (tertiary/aromatic N) is 3. The van der Waals surface area contributed by atoms with Crippen molar-refractivity contribution >= 4 is 35.3 Å². The lowest BCUT2D eigenvalue weighted by atomic mass is 10.0. The minimum Gasteiger partial charge on any atom is -0.481 e. The first-order chi connectivity index (χ1) is 14.4. The van der Waals surface area contributed by atoms with E-state index in [1.54, 1.807) is 18.2 Å². The van der Waals surface area contributed by atoms with Crippen LogP contribution in [0, 0.1) is 0 Å². The Labute approximate surface area is 172 Å². The number of piperazine rings is 1. The molecule has 1 aromatic rings. The summed E-state index contributed by atoms with van der Waals surface area (Å²) in [5.74, 6) is -2.92. The molecular formula is C20H22N4O6. The highest BCUT2D eigenvalue weighted by Crippen LogP contribution is 2.34. The second-order valence-corrected chi connectivity index (χ2v) is 7.62. The molecule has 1 atom stereocenters. The summed E-state index contributed by atoms with van der Waals surface area (Å²) in [5.41, 5.74) is 1.18. The van der Waals surface area contributed by atoms with Crippen molar-refractivity contribution in [1.29, 1.82) is 0 Å². The Hall–Kier alpha value is -3.27. The summed E-state index contributed by atoms with van der Waals surface area (Å²) in [6.45, 7) is 2.95. The SMILES string of the molecule is O=C(O)CCN1CCN(c2cccc3c2C(=O)N(C2CCC(=O)NC2=O)C3=O)CC1. The zero-order chi connectivity index (χ0) is 21.4. The first kappa shape index (κ1) is 20.0. The van der Waals surface area contributed by atoms with E-state index >= 15 is 0 Å². The molecular weight excluding hydrogens is 392 g/mol. The van der Waals surface area contributed by atoms with Crippen molar-refractivity contribution in [2.45, 2.75) is 25.3 Å². The standard InChI is InChI=1S/C20H22N4O6/c25-15-5-4-14(18(28)21-15)24-19(29)12-2-1-3-13(17(12)20(24)30)23-10-8-22(9-11-23)7-6-16(26)27/h1-3,14H,4-11H2,(H,26,27)(H,21,25,28). The highest BCUT2D eigenvalue weighted by molar-refractivity contribution is 6.25. The molecule has 0 aromatic heterocycles. The third kappa shape index (κ3) is 3.54. The zero-order valence-electron chi connectivity index (χ0n) is 16.3. The lowest BCUT2D eigenvalue weighted by Crippen LogP contribution is -2.54. The normalized spacial score (nSPS) is 22.3. The van der Waals surface area contributed by atoms with Gasteiger partial charge in [0.2, 0.25) is 11.8 Å². The smallest absolute Gasteiger partial charge is 0.304 e. The first-order valence-electron chi connectivity index (χ1n) is 9.90. The van der Waals surface area contributed by atoms with Crippen molar-refractivity contribution < 1.29 is 29.1 Å². The van der Waals surface area contributed by atoms with Crippen molar-refractivity contribution in [2.24, 2.45) is 0 Å². The second-order valence-electron chi connectivity index (χ2n) is 7.62. The van der Waals surface area contributed by atoms with Crippen LogP contribution in [0.2, 0.25) is 0 Å². The number of piperidine rings is 1. The molecule has 10 heteroatoms. The summed E-state index contributed by atoms with van der Waals surface area (Å²) in [7, 11) is 0. The van der Waals surface area contributed by atoms with E-state index in [0.717, 1.165) is 4.90 Å². The fraction of sp³-hybridized carbons (Fsp3) is 0.450. The Morgan fingerprint density at radius 1 is 1.07 bits per heavy atom. The topological polar surface area (TPSA) is 127 Å². The molecule has 0 saturated carbocycles. The average Bonchev–Trinajstić information content (AvgIpc) is 2.98. The Morgan fingerprint density at radius 2 is 1.80 bits per heavy atom. The minimum atomic E-state index is -0.990. The third-order valence-corrected chi connectivity index (χ3v) is 5.80. The number of fused-ring (bicyclic) bond motifs is 1. The summed E-state index contributed by atoms with van der Waals surface area (Å²) in [6, 6.07) is 4.08. The van der Waals surface area contributed by atoms with Gasteiger partial charge in [-0.25, -0.2) is 0 Å². The minimum absolute atomic E-state index is 0.0780. The molecule has 158 valence electrons. The van der Waals surface area contributed by atoms with Gasteiger partial charge in [0.15, 0.2) is 0 Å². The van der Waals surface area contributed by atoms with E-state index in [0.29, 0.717) is 38.4 Å². The van der Waals surface area contributed by atoms with Crippen LogP contribution in [0.3, 0.4) is 0 Å². The van der Waals surface area contributed by atoms with Crippen molar-refractivity contribution in [3.63, 3.8) is 0 Å². The highest BCUT2D eigenvalue weighted by Gasteiger charge is 2.46. The van der Waals surface area contributed by atoms with Crippen LogP contribution in [0.1, 0.15) is 40.0 Å². The van der Waals surface area contributed by atoms with Crippen molar-refractivity contribution in [3.05, 3.63) is 29.3 Å². The summed E-state index contributed by atoms with van der Waals surface area (Å²) in [6.07, 6.45) is 0.275. The van der Waals surface area contributed by atoms with E-state index in [-0.39, 0.29) is 30.4 Å². The number of nitrogens with one attached hydrogen (secondary N) is 1. The van der Waals surface area contributed by atoms with Crippen LogP contribution in [0.15, 0.2) is 18.2 Å². The van der Waals surface area contributed by atoms with Gasteiger partial charge in [-0.2, -0.15) is 0 Å². The number of hydrogen-bond acceptors (Lipinski definition) is 7. The van der Waals surface area contributed by atoms with Crippen LogP contribution < -0.4 is 10.2 Å². The molecule has 0 radical (unpaired) electrons. The number of benzene rings is 1. The summed E-state index contributed by atoms with van der Waals surface area (Å²) >= 11 is 0. The summed E-state index contributed by atoms with van der Waals surface area (Å²) in [4.78, 5) is 65.6. The predicted molar refractivity (Wildman–Crippen MR) is 104 cm³/mol. The van der Waals surface area contributed by atoms with Crippen molar-refractivity contribution in [3.8, 4) is 0 Å². The lowest BCUT2D eigenvalue weighted by Gasteiger charge is -2.36. The van der Waals surface area contributed by atoms with E-state index in [1.807, 2.05) is 4.90 Å². The number of aliphatic carboxylic acids is 1. The third-order valence-electron chi connectivity index (χ3n) is 5.80. The number of imide groups is 2. The van der Waals surface area contributed by atoms with Gasteiger partial charge in [0.25, 0.3) is 11.8 Å². The van der Waals surface area contributed by atoms with Crippen LogP contribution in [0.25, 0.3) is 0 Å². The molecule has 10 nitrogen and oxygen atoms in total. The number of carboxylic acids is 1. The molecule has 1 aromatic carbocycles. The van der Waals surface area contributed by atoms with Crippen LogP contribution in [-0.2, 0) is 14.4 Å². The van der Waals surface area contributed by atoms with Gasteiger partial charge in [-0.05, 0) is 18.6 Å². The largest absolute Gasteiger partial charge is 0.481 e. The van der Waals surface area contributed by atoms with Crippen LogP contribution in [0.5, 0.6) is 0 Å². The first-order valence-corrected chi connectivity index (χ1v) is 9.90. The number of anilines is 1. The Morgan fingerprint density at radius 3 is 2.47 bits per heavy atom. The van der Waals surface area contributed by atoms with E-state index in [9.17, 15) is 24.0 Å². The monoisotopic (exact) mass is 414 g/mol. The molecule has 2 fully saturated rings. The quantitative estimate of drug-likeness (QED) is 0.628. The maximum absolute atomic E-state index is 13.2. The number of carbonyl (C=O) groups is 5. The second kappa shape index (κ2) is 7.86. The number of rotatable bonds is 5. The Balaban J connectivity index is 1.53. The molecule has 2 saturated heterocycles. The fourth-order valence-electron chi connectivity index (χ4n) is 4.23. The van der Waals surface area contributed by atoms with Crippen molar-refractivity contribution in [2.75, 3.05) is 37.6 Å². The molecule has 3 aliphatic rings. The van der Waals surface area contributed by atoms with E-state index in [4.69, 9.17) is 5.11 Å². The molecule has 0 spiro atoms. The Bertz CT molecular complexity index is 937. The predicted octanol–water partition coefficient (Wildman–Crippen LogP) is -0.315. The summed E-state index contributed by atoms with van der Waals surface area (Å²) in [5, 5.41) is 11.0. The van der Waals surface area contributed by atoms with Crippen LogP contribution in [-0.4, -0.2) is 83.3 Å². The number of carboxylic acid groups (broad SMARTS) is 1. The molecule has 0 aliphatic carbocycles. The van der Waals surface area contributed by atoms with Crippen LogP contribution >= 0.6 is 0 Å². The molecule has 0 bridgehead atoms. The number of amides is 4. The number of hydrogen-bond donors (Lipinski definition) is 2. The van der Waals surface area contributed by atoms with Crippen LogP contribution in [0.4, 0.5) is 5.69 Å². The Kier molecular flexibility index (Phi) is 5.25. The number of carbonyl (C=O) groups excluding carboxylic acids is 4. The van der Waals surface area contributed by atoms with E-state index < -0.39 is 35.6 Å². The van der Waals surface area contributed by atoms with Gasteiger partial charge >= 0.3 is 5.97 Å².